The van der Waals surface area contributed by atoms with Gasteiger partial charge in [-0.3, -0.25) is 9.59 Å². The zero-order chi connectivity index (χ0) is 10.0. The number of allylic oxidation sites excluding steroid dienone is 3. The van der Waals surface area contributed by atoms with Crippen LogP contribution in [0.5, 0.6) is 0 Å². The van der Waals surface area contributed by atoms with Gasteiger partial charge in [-0.1, -0.05) is 0 Å². The fourth-order valence-electron chi connectivity index (χ4n) is 1.34. The van der Waals surface area contributed by atoms with Gasteiger partial charge >= 0.3 is 0 Å². The van der Waals surface area contributed by atoms with E-state index in [2.05, 4.69) is 0 Å². The summed E-state index contributed by atoms with van der Waals surface area (Å²) in [6, 6.07) is 0. The Labute approximate surface area is 76.8 Å². The van der Waals surface area contributed by atoms with Gasteiger partial charge in [0.05, 0.1) is 0 Å². The second kappa shape index (κ2) is 3.66. The predicted molar refractivity (Wildman–Crippen MR) is 48.2 cm³/mol. The molecule has 1 aliphatic carbocycles. The SMILES string of the molecule is CC1=CC(=O)C(C)=C(CCO)C1=O. The first-order valence-electron chi connectivity index (χ1n) is 4.16. The molecular formula is C10H12O3. The third-order valence-electron chi connectivity index (χ3n) is 2.16. The minimum Gasteiger partial charge on any atom is -0.396 e. The first kappa shape index (κ1) is 9.86. The Hall–Kier alpha value is -1.22. The molecule has 13 heavy (non-hydrogen) atoms. The normalized spacial score (nSPS) is 17.9. The standard InChI is InChI=1S/C10H12O3/c1-6-5-9(12)7(2)8(3-4-11)10(6)13/h5,11H,3-4H2,1-2H3. The van der Waals surface area contributed by atoms with Crippen molar-refractivity contribution in [2.45, 2.75) is 20.3 Å². The molecule has 70 valence electrons. The van der Waals surface area contributed by atoms with Gasteiger partial charge in [0.2, 0.25) is 0 Å². The van der Waals surface area contributed by atoms with E-state index >= 15 is 0 Å². The van der Waals surface area contributed by atoms with E-state index in [1.807, 2.05) is 0 Å². The Kier molecular flexibility index (Phi) is 2.78. The lowest BCUT2D eigenvalue weighted by molar-refractivity contribution is -0.116. The van der Waals surface area contributed by atoms with Gasteiger partial charge in [-0.15, -0.1) is 0 Å². The van der Waals surface area contributed by atoms with Crippen LogP contribution in [0.15, 0.2) is 22.8 Å². The van der Waals surface area contributed by atoms with Crippen LogP contribution in [0.25, 0.3) is 0 Å². The molecule has 0 atom stereocenters. The highest BCUT2D eigenvalue weighted by Crippen LogP contribution is 2.20. The van der Waals surface area contributed by atoms with E-state index in [9.17, 15) is 9.59 Å². The Morgan fingerprint density at radius 3 is 2.46 bits per heavy atom. The number of carbonyl (C=O) groups is 2. The molecule has 1 N–H and O–H groups in total. The second-order valence-electron chi connectivity index (χ2n) is 3.10. The molecular weight excluding hydrogens is 168 g/mol. The van der Waals surface area contributed by atoms with Crippen LogP contribution >= 0.6 is 0 Å². The topological polar surface area (TPSA) is 54.4 Å². The third-order valence-corrected chi connectivity index (χ3v) is 2.16. The van der Waals surface area contributed by atoms with Crippen LogP contribution in [-0.2, 0) is 9.59 Å². The summed E-state index contributed by atoms with van der Waals surface area (Å²) in [5.41, 5.74) is 1.37. The smallest absolute Gasteiger partial charge is 0.185 e. The molecule has 0 heterocycles. The maximum atomic E-state index is 11.5. The summed E-state index contributed by atoms with van der Waals surface area (Å²) in [7, 11) is 0. The molecule has 0 aromatic heterocycles. The van der Waals surface area contributed by atoms with Gasteiger partial charge in [0.25, 0.3) is 0 Å². The van der Waals surface area contributed by atoms with Crippen LogP contribution < -0.4 is 0 Å². The lowest BCUT2D eigenvalue weighted by Gasteiger charge is -2.13. The summed E-state index contributed by atoms with van der Waals surface area (Å²) in [6.45, 7) is 3.14. The summed E-state index contributed by atoms with van der Waals surface area (Å²) < 4.78 is 0. The van der Waals surface area contributed by atoms with Crippen molar-refractivity contribution in [3.8, 4) is 0 Å². The first-order chi connectivity index (χ1) is 6.07. The van der Waals surface area contributed by atoms with E-state index < -0.39 is 0 Å². The summed E-state index contributed by atoms with van der Waals surface area (Å²) in [4.78, 5) is 22.7. The van der Waals surface area contributed by atoms with Gasteiger partial charge in [-0.05, 0) is 26.3 Å². The number of carbonyl (C=O) groups excluding carboxylic acids is 2. The second-order valence-corrected chi connectivity index (χ2v) is 3.10. The van der Waals surface area contributed by atoms with Gasteiger partial charge in [-0.2, -0.15) is 0 Å². The molecule has 0 fully saturated rings. The highest BCUT2D eigenvalue weighted by atomic mass is 16.3. The molecule has 0 bridgehead atoms. The van der Waals surface area contributed by atoms with Crippen LogP contribution in [0, 0.1) is 0 Å². The van der Waals surface area contributed by atoms with E-state index in [0.717, 1.165) is 0 Å². The number of Topliss-reactive ketones (excluding diaryl/α,β-unsaturated/α-hetero) is 1. The summed E-state index contributed by atoms with van der Waals surface area (Å²) >= 11 is 0. The Bertz CT molecular complexity index is 321. The maximum absolute atomic E-state index is 11.5. The van der Waals surface area contributed by atoms with Crippen molar-refractivity contribution < 1.29 is 14.7 Å². The Morgan fingerprint density at radius 2 is 1.92 bits per heavy atom. The minimum absolute atomic E-state index is 0.0982. The first-order valence-corrected chi connectivity index (χ1v) is 4.16. The number of hydrogen-bond donors (Lipinski definition) is 1. The fraction of sp³-hybridized carbons (Fsp3) is 0.400. The predicted octanol–water partition coefficient (Wildman–Crippen LogP) is 0.783. The van der Waals surface area contributed by atoms with E-state index in [1.165, 1.54) is 6.08 Å². The number of ketones is 2. The number of aliphatic hydroxyl groups excluding tert-OH is 1. The molecule has 0 aromatic rings. The van der Waals surface area contributed by atoms with Crippen LogP contribution in [0.3, 0.4) is 0 Å². The largest absolute Gasteiger partial charge is 0.396 e. The van der Waals surface area contributed by atoms with E-state index in [1.54, 1.807) is 13.8 Å². The molecule has 0 saturated carbocycles. The van der Waals surface area contributed by atoms with Gasteiger partial charge in [-0.25, -0.2) is 0 Å². The molecule has 3 nitrogen and oxygen atoms in total. The zero-order valence-electron chi connectivity index (χ0n) is 7.76. The molecule has 0 aliphatic heterocycles. The average Bonchev–Trinajstić information content (AvgIpc) is 2.09. The average molecular weight is 180 g/mol. The molecule has 0 amide bonds. The Morgan fingerprint density at radius 1 is 1.31 bits per heavy atom. The van der Waals surface area contributed by atoms with Gasteiger partial charge in [0, 0.05) is 23.3 Å². The zero-order valence-corrected chi connectivity index (χ0v) is 7.76. The minimum atomic E-state index is -0.124. The van der Waals surface area contributed by atoms with E-state index in [0.29, 0.717) is 16.7 Å². The molecule has 0 unspecified atom stereocenters. The molecule has 0 aromatic carbocycles. The van der Waals surface area contributed by atoms with Crippen molar-refractivity contribution >= 4 is 11.6 Å². The van der Waals surface area contributed by atoms with Crippen molar-refractivity contribution in [1.82, 2.24) is 0 Å². The fourth-order valence-corrected chi connectivity index (χ4v) is 1.34. The lowest BCUT2D eigenvalue weighted by Crippen LogP contribution is -2.17. The van der Waals surface area contributed by atoms with Crippen molar-refractivity contribution in [2.75, 3.05) is 6.61 Å². The monoisotopic (exact) mass is 180 g/mol. The van der Waals surface area contributed by atoms with Crippen molar-refractivity contribution in [1.29, 1.82) is 0 Å². The summed E-state index contributed by atoms with van der Waals surface area (Å²) in [5, 5.41) is 8.71. The highest BCUT2D eigenvalue weighted by Gasteiger charge is 2.22. The van der Waals surface area contributed by atoms with Crippen LogP contribution in [-0.4, -0.2) is 23.3 Å². The van der Waals surface area contributed by atoms with Crippen LogP contribution in [0.4, 0.5) is 0 Å². The molecule has 0 radical (unpaired) electrons. The summed E-state index contributed by atoms with van der Waals surface area (Å²) in [5.74, 6) is -0.244. The van der Waals surface area contributed by atoms with Crippen LogP contribution in [0.1, 0.15) is 20.3 Å². The van der Waals surface area contributed by atoms with Gasteiger partial charge < -0.3 is 5.11 Å². The quantitative estimate of drug-likeness (QED) is 0.639. The third kappa shape index (κ3) is 1.75. The molecule has 1 aliphatic rings. The molecule has 3 heteroatoms. The number of rotatable bonds is 2. The van der Waals surface area contributed by atoms with E-state index in [-0.39, 0.29) is 24.6 Å². The van der Waals surface area contributed by atoms with Gasteiger partial charge in [0.1, 0.15) is 0 Å². The number of hydrogen-bond acceptors (Lipinski definition) is 3. The number of aliphatic hydroxyl groups is 1. The highest BCUT2D eigenvalue weighted by molar-refractivity contribution is 6.22. The maximum Gasteiger partial charge on any atom is 0.185 e. The van der Waals surface area contributed by atoms with Crippen molar-refractivity contribution in [3.05, 3.63) is 22.8 Å². The summed E-state index contributed by atoms with van der Waals surface area (Å²) in [6.07, 6.45) is 1.61. The molecule has 0 spiro atoms. The molecule has 0 saturated heterocycles. The Balaban J connectivity index is 3.07. The lowest BCUT2D eigenvalue weighted by atomic mass is 9.89. The molecule has 1 rings (SSSR count). The van der Waals surface area contributed by atoms with Crippen molar-refractivity contribution in [2.24, 2.45) is 0 Å². The van der Waals surface area contributed by atoms with Crippen LogP contribution in [0.2, 0.25) is 0 Å². The van der Waals surface area contributed by atoms with E-state index in [4.69, 9.17) is 5.11 Å². The van der Waals surface area contributed by atoms with Gasteiger partial charge in [0.15, 0.2) is 11.6 Å². The van der Waals surface area contributed by atoms with Crippen molar-refractivity contribution in [3.63, 3.8) is 0 Å².